The summed E-state index contributed by atoms with van der Waals surface area (Å²) in [7, 11) is 1.99. The number of carbonyl (C=O) groups is 1. The van der Waals surface area contributed by atoms with Gasteiger partial charge in [-0.25, -0.2) is 4.98 Å². The van der Waals surface area contributed by atoms with Gasteiger partial charge in [-0.1, -0.05) is 12.1 Å². The molecule has 0 saturated heterocycles. The van der Waals surface area contributed by atoms with Gasteiger partial charge < -0.3 is 14.2 Å². The van der Waals surface area contributed by atoms with Gasteiger partial charge in [0.05, 0.1) is 30.9 Å². The fourth-order valence-corrected chi connectivity index (χ4v) is 2.96. The predicted octanol–water partition coefficient (Wildman–Crippen LogP) is 2.34. The Morgan fingerprint density at radius 1 is 1.30 bits per heavy atom. The van der Waals surface area contributed by atoms with Crippen molar-refractivity contribution in [3.05, 3.63) is 47.5 Å². The van der Waals surface area contributed by atoms with E-state index in [-0.39, 0.29) is 5.91 Å². The lowest BCUT2D eigenvalue weighted by atomic mass is 10.1. The van der Waals surface area contributed by atoms with Crippen molar-refractivity contribution in [3.63, 3.8) is 0 Å². The maximum absolute atomic E-state index is 12.5. The Morgan fingerprint density at radius 2 is 2.09 bits per heavy atom. The molecule has 1 aromatic carbocycles. The van der Waals surface area contributed by atoms with Crippen LogP contribution in [-0.4, -0.2) is 33.5 Å². The molecule has 3 rings (SSSR count). The highest BCUT2D eigenvalue weighted by atomic mass is 16.5. The van der Waals surface area contributed by atoms with E-state index in [2.05, 4.69) is 4.98 Å². The first-order chi connectivity index (χ1) is 11.2. The summed E-state index contributed by atoms with van der Waals surface area (Å²) in [6.45, 7) is 4.09. The van der Waals surface area contributed by atoms with E-state index in [1.165, 1.54) is 5.56 Å². The number of hydrogen-bond donors (Lipinski definition) is 0. The number of aromatic nitrogens is 2. The van der Waals surface area contributed by atoms with Crippen molar-refractivity contribution < 1.29 is 9.53 Å². The van der Waals surface area contributed by atoms with Crippen molar-refractivity contribution in [1.82, 2.24) is 14.5 Å². The number of aryl methyl sites for hydroxylation is 2. The number of ether oxygens (including phenoxy) is 1. The highest BCUT2D eigenvalue weighted by Crippen LogP contribution is 2.19. The molecule has 23 heavy (non-hydrogen) atoms. The molecule has 0 N–H and O–H groups in total. The van der Waals surface area contributed by atoms with Gasteiger partial charge in [0.25, 0.3) is 0 Å². The van der Waals surface area contributed by atoms with Crippen molar-refractivity contribution in [2.45, 2.75) is 32.7 Å². The highest BCUT2D eigenvalue weighted by molar-refractivity contribution is 5.76. The number of fused-ring (bicyclic) bond motifs is 1. The summed E-state index contributed by atoms with van der Waals surface area (Å²) in [6, 6.07) is 8.00. The van der Waals surface area contributed by atoms with E-state index >= 15 is 0 Å². The summed E-state index contributed by atoms with van der Waals surface area (Å²) < 4.78 is 7.45. The topological polar surface area (TPSA) is 47.4 Å². The van der Waals surface area contributed by atoms with Crippen LogP contribution in [0.3, 0.4) is 0 Å². The van der Waals surface area contributed by atoms with Crippen molar-refractivity contribution in [2.75, 3.05) is 13.2 Å². The van der Waals surface area contributed by atoms with Crippen LogP contribution < -0.4 is 4.74 Å². The van der Waals surface area contributed by atoms with Gasteiger partial charge in [0.1, 0.15) is 5.75 Å². The molecule has 5 heteroatoms. The number of rotatable bonds is 5. The fourth-order valence-electron chi connectivity index (χ4n) is 2.96. The lowest BCUT2D eigenvalue weighted by molar-refractivity contribution is -0.132. The molecule has 122 valence electrons. The average molecular weight is 313 g/mol. The summed E-state index contributed by atoms with van der Waals surface area (Å²) in [5, 5.41) is 0. The Hall–Kier alpha value is -2.30. The summed E-state index contributed by atoms with van der Waals surface area (Å²) >= 11 is 0. The molecule has 2 aromatic rings. The van der Waals surface area contributed by atoms with Crippen molar-refractivity contribution >= 4 is 5.91 Å². The third-order valence-electron chi connectivity index (χ3n) is 4.32. The minimum absolute atomic E-state index is 0.214. The summed E-state index contributed by atoms with van der Waals surface area (Å²) in [5.74, 6) is 1.09. The zero-order valence-corrected chi connectivity index (χ0v) is 13.8. The zero-order valence-electron chi connectivity index (χ0n) is 13.8. The van der Waals surface area contributed by atoms with Crippen LogP contribution >= 0.6 is 0 Å². The normalized spacial score (nSPS) is 13.7. The van der Waals surface area contributed by atoms with Crippen molar-refractivity contribution in [1.29, 1.82) is 0 Å². The van der Waals surface area contributed by atoms with Crippen LogP contribution in [0.2, 0.25) is 0 Å². The van der Waals surface area contributed by atoms with Crippen LogP contribution in [0.15, 0.2) is 30.6 Å². The monoisotopic (exact) mass is 313 g/mol. The molecule has 1 aliphatic rings. The number of hydrogen-bond acceptors (Lipinski definition) is 3. The van der Waals surface area contributed by atoms with Crippen molar-refractivity contribution in [3.8, 4) is 5.75 Å². The van der Waals surface area contributed by atoms with Gasteiger partial charge in [0.15, 0.2) is 0 Å². The molecular formula is C18H23N3O2. The largest absolute Gasteiger partial charge is 0.494 e. The van der Waals surface area contributed by atoms with Crippen LogP contribution in [0.1, 0.15) is 30.3 Å². The maximum atomic E-state index is 12.5. The number of nitrogens with zero attached hydrogens (tertiary/aromatic N) is 3. The number of carbonyl (C=O) groups excluding carboxylic acids is 1. The Morgan fingerprint density at radius 3 is 2.83 bits per heavy atom. The first-order valence-corrected chi connectivity index (χ1v) is 8.16. The second-order valence-corrected chi connectivity index (χ2v) is 5.89. The minimum Gasteiger partial charge on any atom is -0.494 e. The van der Waals surface area contributed by atoms with Crippen LogP contribution in [0.5, 0.6) is 5.75 Å². The Labute approximate surface area is 136 Å². The third-order valence-corrected chi connectivity index (χ3v) is 4.32. The second kappa shape index (κ2) is 6.86. The number of imidazole rings is 1. The summed E-state index contributed by atoms with van der Waals surface area (Å²) in [5.41, 5.74) is 3.45. The van der Waals surface area contributed by atoms with E-state index in [0.717, 1.165) is 36.5 Å². The van der Waals surface area contributed by atoms with Gasteiger partial charge in [-0.3, -0.25) is 4.79 Å². The van der Waals surface area contributed by atoms with E-state index in [0.29, 0.717) is 19.6 Å². The van der Waals surface area contributed by atoms with E-state index < -0.39 is 0 Å². The van der Waals surface area contributed by atoms with E-state index in [4.69, 9.17) is 4.74 Å². The zero-order chi connectivity index (χ0) is 16.2. The molecule has 0 bridgehead atoms. The molecular weight excluding hydrogens is 290 g/mol. The third kappa shape index (κ3) is 3.55. The molecule has 0 radical (unpaired) electrons. The Kier molecular flexibility index (Phi) is 4.65. The van der Waals surface area contributed by atoms with Crippen LogP contribution in [0.25, 0.3) is 0 Å². The first-order valence-electron chi connectivity index (χ1n) is 8.16. The summed E-state index contributed by atoms with van der Waals surface area (Å²) in [4.78, 5) is 18.8. The quantitative estimate of drug-likeness (QED) is 0.851. The molecule has 0 aliphatic carbocycles. The number of benzene rings is 1. The first kappa shape index (κ1) is 15.6. The molecule has 2 heterocycles. The number of amides is 1. The smallest absolute Gasteiger partial charge is 0.223 e. The van der Waals surface area contributed by atoms with Gasteiger partial charge in [-0.05, 0) is 31.0 Å². The molecule has 1 aromatic heterocycles. The van der Waals surface area contributed by atoms with Gasteiger partial charge in [0.2, 0.25) is 5.91 Å². The molecule has 1 amide bonds. The Balaban J connectivity index is 1.54. The van der Waals surface area contributed by atoms with Crippen molar-refractivity contribution in [2.24, 2.45) is 7.05 Å². The van der Waals surface area contributed by atoms with Gasteiger partial charge >= 0.3 is 0 Å². The molecule has 1 aliphatic heterocycles. The van der Waals surface area contributed by atoms with E-state index in [1.807, 2.05) is 54.0 Å². The molecule has 0 saturated carbocycles. The van der Waals surface area contributed by atoms with Gasteiger partial charge in [-0.2, -0.15) is 0 Å². The molecule has 0 fully saturated rings. The maximum Gasteiger partial charge on any atom is 0.223 e. The SMILES string of the molecule is CCOc1ccc(CCC(=O)N2CCc3ncn(C)c3C2)cc1. The average Bonchev–Trinajstić information content (AvgIpc) is 2.95. The van der Waals surface area contributed by atoms with Crippen LogP contribution in [0.4, 0.5) is 0 Å². The minimum atomic E-state index is 0.214. The van der Waals surface area contributed by atoms with Crippen LogP contribution in [-0.2, 0) is 31.2 Å². The lowest BCUT2D eigenvalue weighted by Gasteiger charge is -2.27. The molecule has 0 spiro atoms. The molecule has 0 atom stereocenters. The highest BCUT2D eigenvalue weighted by Gasteiger charge is 2.23. The molecule has 5 nitrogen and oxygen atoms in total. The standard InChI is InChI=1S/C18H23N3O2/c1-3-23-15-7-4-14(5-8-15)6-9-18(22)21-11-10-16-17(12-21)20(2)13-19-16/h4-5,7-8,13H,3,6,9-12H2,1-2H3. The fraction of sp³-hybridized carbons (Fsp3) is 0.444. The van der Waals surface area contributed by atoms with Gasteiger partial charge in [-0.15, -0.1) is 0 Å². The Bertz CT molecular complexity index is 676. The predicted molar refractivity (Wildman–Crippen MR) is 88.3 cm³/mol. The molecule has 0 unspecified atom stereocenters. The van der Waals surface area contributed by atoms with E-state index in [9.17, 15) is 4.79 Å². The van der Waals surface area contributed by atoms with Gasteiger partial charge in [0, 0.05) is 26.4 Å². The van der Waals surface area contributed by atoms with Crippen LogP contribution in [0, 0.1) is 0 Å². The summed E-state index contributed by atoms with van der Waals surface area (Å²) in [6.07, 6.45) is 3.99. The van der Waals surface area contributed by atoms with E-state index in [1.54, 1.807) is 0 Å². The second-order valence-electron chi connectivity index (χ2n) is 5.89. The lowest BCUT2D eigenvalue weighted by Crippen LogP contribution is -2.36.